The summed E-state index contributed by atoms with van der Waals surface area (Å²) in [6.45, 7) is 5.81. The van der Waals surface area contributed by atoms with Crippen molar-refractivity contribution >= 4 is 35.2 Å². The summed E-state index contributed by atoms with van der Waals surface area (Å²) in [4.78, 5) is 26.8. The fourth-order valence-corrected chi connectivity index (χ4v) is 4.64. The minimum Gasteiger partial charge on any atom is -0.443 e. The lowest BCUT2D eigenvalue weighted by atomic mass is 9.68. The van der Waals surface area contributed by atoms with Gasteiger partial charge >= 0.3 is 6.09 Å². The third-order valence-corrected chi connectivity index (χ3v) is 6.22. The third kappa shape index (κ3) is 3.59. The summed E-state index contributed by atoms with van der Waals surface area (Å²) in [6, 6.07) is 5.66. The number of halogens is 2. The van der Waals surface area contributed by atoms with Crippen molar-refractivity contribution in [1.29, 1.82) is 0 Å². The van der Waals surface area contributed by atoms with Crippen LogP contribution in [-0.4, -0.2) is 29.0 Å². The van der Waals surface area contributed by atoms with Gasteiger partial charge in [-0.1, -0.05) is 42.1 Å². The lowest BCUT2D eigenvalue weighted by Gasteiger charge is -2.35. The SMILES string of the molecule is CC(C)(C)OC(=O)N1CCC(C2(c3ccc(Cl)c(Cl)c3)CCCC2)C1=O. The van der Waals surface area contributed by atoms with Crippen LogP contribution in [0.2, 0.25) is 10.0 Å². The van der Waals surface area contributed by atoms with Crippen LogP contribution in [0.5, 0.6) is 0 Å². The van der Waals surface area contributed by atoms with E-state index in [1.54, 1.807) is 26.8 Å². The molecule has 1 aliphatic carbocycles. The maximum absolute atomic E-state index is 13.1. The summed E-state index contributed by atoms with van der Waals surface area (Å²) >= 11 is 12.3. The molecule has 2 amide bonds. The van der Waals surface area contributed by atoms with Crippen molar-refractivity contribution in [1.82, 2.24) is 4.90 Å². The van der Waals surface area contributed by atoms with Crippen molar-refractivity contribution < 1.29 is 14.3 Å². The van der Waals surface area contributed by atoms with Gasteiger partial charge in [0, 0.05) is 12.0 Å². The van der Waals surface area contributed by atoms with E-state index < -0.39 is 11.7 Å². The van der Waals surface area contributed by atoms with E-state index in [2.05, 4.69) is 0 Å². The third-order valence-electron chi connectivity index (χ3n) is 5.48. The molecule has 1 saturated carbocycles. The molecule has 0 radical (unpaired) electrons. The molecule has 1 saturated heterocycles. The van der Waals surface area contributed by atoms with Crippen molar-refractivity contribution in [3.8, 4) is 0 Å². The molecular formula is C20H25Cl2NO3. The molecule has 1 aliphatic heterocycles. The second kappa shape index (κ2) is 7.05. The second-order valence-electron chi connectivity index (χ2n) is 8.30. The lowest BCUT2D eigenvalue weighted by molar-refractivity contribution is -0.132. The number of ether oxygens (including phenoxy) is 1. The Bertz CT molecular complexity index is 720. The predicted molar refractivity (Wildman–Crippen MR) is 103 cm³/mol. The zero-order valence-corrected chi connectivity index (χ0v) is 17.0. The molecule has 0 spiro atoms. The van der Waals surface area contributed by atoms with Crippen LogP contribution >= 0.6 is 23.2 Å². The van der Waals surface area contributed by atoms with E-state index in [4.69, 9.17) is 27.9 Å². The topological polar surface area (TPSA) is 46.6 Å². The summed E-state index contributed by atoms with van der Waals surface area (Å²) in [5, 5.41) is 1.02. The van der Waals surface area contributed by atoms with E-state index >= 15 is 0 Å². The summed E-state index contributed by atoms with van der Waals surface area (Å²) in [5.41, 5.74) is 0.153. The highest BCUT2D eigenvalue weighted by molar-refractivity contribution is 6.42. The van der Waals surface area contributed by atoms with Crippen LogP contribution in [0.25, 0.3) is 0 Å². The molecular weight excluding hydrogens is 373 g/mol. The molecule has 4 nitrogen and oxygen atoms in total. The van der Waals surface area contributed by atoms with E-state index in [0.29, 0.717) is 23.0 Å². The van der Waals surface area contributed by atoms with Crippen LogP contribution in [0.15, 0.2) is 18.2 Å². The van der Waals surface area contributed by atoms with Crippen molar-refractivity contribution in [2.45, 2.75) is 63.9 Å². The maximum atomic E-state index is 13.1. The number of nitrogens with zero attached hydrogens (tertiary/aromatic N) is 1. The molecule has 0 bridgehead atoms. The first-order valence-electron chi connectivity index (χ1n) is 9.14. The van der Waals surface area contributed by atoms with E-state index in [9.17, 15) is 9.59 Å². The van der Waals surface area contributed by atoms with Gasteiger partial charge in [-0.3, -0.25) is 4.79 Å². The van der Waals surface area contributed by atoms with Crippen LogP contribution in [-0.2, 0) is 14.9 Å². The Morgan fingerprint density at radius 3 is 2.42 bits per heavy atom. The van der Waals surface area contributed by atoms with Gasteiger partial charge in [-0.05, 0) is 57.7 Å². The predicted octanol–water partition coefficient (Wildman–Crippen LogP) is 5.59. The molecule has 1 unspecified atom stereocenters. The molecule has 1 aromatic rings. The quantitative estimate of drug-likeness (QED) is 0.653. The molecule has 2 fully saturated rings. The van der Waals surface area contributed by atoms with Crippen molar-refractivity contribution in [2.24, 2.45) is 5.92 Å². The second-order valence-corrected chi connectivity index (χ2v) is 9.12. The summed E-state index contributed by atoms with van der Waals surface area (Å²) in [6.07, 6.45) is 4.07. The first-order chi connectivity index (χ1) is 12.1. The van der Waals surface area contributed by atoms with Gasteiger partial charge in [0.25, 0.3) is 0 Å². The lowest BCUT2D eigenvalue weighted by Crippen LogP contribution is -2.42. The molecule has 0 N–H and O–H groups in total. The summed E-state index contributed by atoms with van der Waals surface area (Å²) < 4.78 is 5.40. The Balaban J connectivity index is 1.89. The number of carbonyl (C=O) groups excluding carboxylic acids is 2. The van der Waals surface area contributed by atoms with Gasteiger partial charge in [-0.15, -0.1) is 0 Å². The summed E-state index contributed by atoms with van der Waals surface area (Å²) in [7, 11) is 0. The smallest absolute Gasteiger partial charge is 0.417 e. The molecule has 1 aromatic carbocycles. The number of hydrogen-bond donors (Lipinski definition) is 0. The average Bonchev–Trinajstić information content (AvgIpc) is 3.15. The Morgan fingerprint density at radius 1 is 1.19 bits per heavy atom. The molecule has 1 heterocycles. The number of benzene rings is 1. The highest BCUT2D eigenvalue weighted by atomic mass is 35.5. The first-order valence-corrected chi connectivity index (χ1v) is 9.89. The largest absolute Gasteiger partial charge is 0.443 e. The number of carbonyl (C=O) groups is 2. The van der Waals surface area contributed by atoms with Crippen LogP contribution < -0.4 is 0 Å². The maximum Gasteiger partial charge on any atom is 0.417 e. The van der Waals surface area contributed by atoms with Gasteiger partial charge in [-0.25, -0.2) is 9.69 Å². The van der Waals surface area contributed by atoms with E-state index in [1.807, 2.05) is 12.1 Å². The minimum atomic E-state index is -0.621. The number of likely N-dealkylation sites (tertiary alicyclic amines) is 1. The highest BCUT2D eigenvalue weighted by Crippen LogP contribution is 2.51. The van der Waals surface area contributed by atoms with E-state index in [1.165, 1.54) is 4.90 Å². The number of imide groups is 1. The van der Waals surface area contributed by atoms with Crippen LogP contribution in [0, 0.1) is 5.92 Å². The zero-order chi connectivity index (χ0) is 19.1. The molecule has 1 atom stereocenters. The van der Waals surface area contributed by atoms with Gasteiger partial charge in [0.1, 0.15) is 5.60 Å². The van der Waals surface area contributed by atoms with Crippen LogP contribution in [0.1, 0.15) is 58.4 Å². The Hall–Kier alpha value is -1.26. The molecule has 3 rings (SSSR count). The van der Waals surface area contributed by atoms with Gasteiger partial charge in [0.15, 0.2) is 0 Å². The minimum absolute atomic E-state index is 0.132. The fraction of sp³-hybridized carbons (Fsp3) is 0.600. The number of rotatable bonds is 2. The molecule has 26 heavy (non-hydrogen) atoms. The van der Waals surface area contributed by atoms with Crippen LogP contribution in [0.3, 0.4) is 0 Å². The Morgan fingerprint density at radius 2 is 1.85 bits per heavy atom. The Kier molecular flexibility index (Phi) is 5.28. The zero-order valence-electron chi connectivity index (χ0n) is 15.5. The number of hydrogen-bond acceptors (Lipinski definition) is 3. The number of amides is 2. The van der Waals surface area contributed by atoms with Crippen LogP contribution in [0.4, 0.5) is 4.79 Å². The highest BCUT2D eigenvalue weighted by Gasteiger charge is 2.51. The average molecular weight is 398 g/mol. The molecule has 6 heteroatoms. The van der Waals surface area contributed by atoms with Crippen molar-refractivity contribution in [2.75, 3.05) is 6.54 Å². The summed E-state index contributed by atoms with van der Waals surface area (Å²) in [5.74, 6) is -0.359. The molecule has 2 aliphatic rings. The first kappa shape index (κ1) is 19.5. The molecule has 0 aromatic heterocycles. The fourth-order valence-electron chi connectivity index (χ4n) is 4.34. The van der Waals surface area contributed by atoms with Gasteiger partial charge < -0.3 is 4.74 Å². The van der Waals surface area contributed by atoms with E-state index in [0.717, 1.165) is 31.2 Å². The van der Waals surface area contributed by atoms with Gasteiger partial charge in [0.2, 0.25) is 5.91 Å². The van der Waals surface area contributed by atoms with Crippen molar-refractivity contribution in [3.05, 3.63) is 33.8 Å². The van der Waals surface area contributed by atoms with Crippen molar-refractivity contribution in [3.63, 3.8) is 0 Å². The molecule has 142 valence electrons. The Labute approximate surface area is 164 Å². The standard InChI is InChI=1S/C20H25Cl2NO3/c1-19(2,3)26-18(25)23-11-8-14(17(23)24)20(9-4-5-10-20)13-6-7-15(21)16(22)12-13/h6-7,12,14H,4-5,8-11H2,1-3H3. The van der Waals surface area contributed by atoms with E-state index in [-0.39, 0.29) is 17.2 Å². The van der Waals surface area contributed by atoms with Gasteiger partial charge in [-0.2, -0.15) is 0 Å². The monoisotopic (exact) mass is 397 g/mol. The van der Waals surface area contributed by atoms with Gasteiger partial charge in [0.05, 0.1) is 16.0 Å². The normalized spacial score (nSPS) is 22.7.